The first-order chi connectivity index (χ1) is 9.39. The topological polar surface area (TPSA) is 21.3 Å². The SMILES string of the molecule is CCCNCC(C)(C)CCc1cc(Cl)c(OC)cc1Cl. The highest BCUT2D eigenvalue weighted by Gasteiger charge is 2.18. The highest BCUT2D eigenvalue weighted by atomic mass is 35.5. The molecule has 0 atom stereocenters. The Morgan fingerprint density at radius 1 is 1.20 bits per heavy atom. The van der Waals surface area contributed by atoms with Crippen LogP contribution in [0.2, 0.25) is 10.0 Å². The maximum Gasteiger partial charge on any atom is 0.138 e. The summed E-state index contributed by atoms with van der Waals surface area (Å²) >= 11 is 12.4. The predicted molar refractivity (Wildman–Crippen MR) is 88.3 cm³/mol. The van der Waals surface area contributed by atoms with Crippen molar-refractivity contribution in [3.63, 3.8) is 0 Å². The molecular weight excluding hydrogens is 293 g/mol. The van der Waals surface area contributed by atoms with Crippen LogP contribution in [0.25, 0.3) is 0 Å². The summed E-state index contributed by atoms with van der Waals surface area (Å²) in [6.07, 6.45) is 3.14. The molecule has 0 saturated carbocycles. The number of nitrogens with one attached hydrogen (secondary N) is 1. The third-order valence-electron chi connectivity index (χ3n) is 3.42. The Labute approximate surface area is 132 Å². The van der Waals surface area contributed by atoms with E-state index < -0.39 is 0 Å². The first kappa shape index (κ1) is 17.6. The van der Waals surface area contributed by atoms with Gasteiger partial charge in [0, 0.05) is 17.6 Å². The number of hydrogen-bond donors (Lipinski definition) is 1. The molecular formula is C16H25Cl2NO. The van der Waals surface area contributed by atoms with E-state index in [9.17, 15) is 0 Å². The molecule has 0 saturated heterocycles. The number of ether oxygens (including phenoxy) is 1. The molecule has 1 N–H and O–H groups in total. The number of hydrogen-bond acceptors (Lipinski definition) is 2. The summed E-state index contributed by atoms with van der Waals surface area (Å²) in [6.45, 7) is 8.81. The second kappa shape index (κ2) is 8.11. The van der Waals surface area contributed by atoms with Crippen molar-refractivity contribution in [3.8, 4) is 5.75 Å². The van der Waals surface area contributed by atoms with Gasteiger partial charge in [0.05, 0.1) is 12.1 Å². The summed E-state index contributed by atoms with van der Waals surface area (Å²) in [5.74, 6) is 0.629. The van der Waals surface area contributed by atoms with E-state index in [0.717, 1.165) is 42.9 Å². The summed E-state index contributed by atoms with van der Waals surface area (Å²) in [4.78, 5) is 0. The van der Waals surface area contributed by atoms with Gasteiger partial charge in [-0.15, -0.1) is 0 Å². The van der Waals surface area contributed by atoms with Gasteiger partial charge < -0.3 is 10.1 Å². The van der Waals surface area contributed by atoms with Crippen LogP contribution in [0.4, 0.5) is 0 Å². The summed E-state index contributed by atoms with van der Waals surface area (Å²) in [5, 5.41) is 4.82. The van der Waals surface area contributed by atoms with Gasteiger partial charge in [-0.3, -0.25) is 0 Å². The van der Waals surface area contributed by atoms with E-state index in [1.54, 1.807) is 13.2 Å². The maximum atomic E-state index is 6.28. The van der Waals surface area contributed by atoms with Crippen LogP contribution in [-0.4, -0.2) is 20.2 Å². The van der Waals surface area contributed by atoms with E-state index in [1.165, 1.54) is 0 Å². The van der Waals surface area contributed by atoms with Crippen molar-refractivity contribution >= 4 is 23.2 Å². The lowest BCUT2D eigenvalue weighted by molar-refractivity contribution is 0.315. The van der Waals surface area contributed by atoms with E-state index in [0.29, 0.717) is 10.8 Å². The highest BCUT2D eigenvalue weighted by molar-refractivity contribution is 6.34. The molecule has 0 aliphatic rings. The quantitative estimate of drug-likeness (QED) is 0.684. The van der Waals surface area contributed by atoms with Crippen LogP contribution in [0.3, 0.4) is 0 Å². The smallest absolute Gasteiger partial charge is 0.138 e. The Morgan fingerprint density at radius 3 is 2.50 bits per heavy atom. The predicted octanol–water partition coefficient (Wildman–Crippen LogP) is 4.96. The van der Waals surface area contributed by atoms with Crippen LogP contribution in [0.5, 0.6) is 5.75 Å². The first-order valence-electron chi connectivity index (χ1n) is 7.12. The summed E-state index contributed by atoms with van der Waals surface area (Å²) in [7, 11) is 1.60. The monoisotopic (exact) mass is 317 g/mol. The second-order valence-electron chi connectivity index (χ2n) is 5.92. The molecule has 0 aliphatic carbocycles. The van der Waals surface area contributed by atoms with Gasteiger partial charge in [0.25, 0.3) is 0 Å². The zero-order valence-electron chi connectivity index (χ0n) is 12.9. The summed E-state index contributed by atoms with van der Waals surface area (Å²) < 4.78 is 5.17. The summed E-state index contributed by atoms with van der Waals surface area (Å²) in [5.41, 5.74) is 1.33. The minimum Gasteiger partial charge on any atom is -0.495 e. The van der Waals surface area contributed by atoms with Crippen molar-refractivity contribution in [1.29, 1.82) is 0 Å². The molecule has 0 amide bonds. The van der Waals surface area contributed by atoms with Gasteiger partial charge in [-0.05, 0) is 42.9 Å². The summed E-state index contributed by atoms with van der Waals surface area (Å²) in [6, 6.07) is 3.71. The molecule has 0 aromatic heterocycles. The van der Waals surface area contributed by atoms with Crippen molar-refractivity contribution in [1.82, 2.24) is 5.32 Å². The zero-order valence-corrected chi connectivity index (χ0v) is 14.4. The molecule has 0 aliphatic heterocycles. The lowest BCUT2D eigenvalue weighted by Gasteiger charge is -2.25. The minimum atomic E-state index is 0.241. The van der Waals surface area contributed by atoms with E-state index >= 15 is 0 Å². The number of halogens is 2. The molecule has 0 spiro atoms. The van der Waals surface area contributed by atoms with Crippen molar-refractivity contribution in [2.24, 2.45) is 5.41 Å². The number of methoxy groups -OCH3 is 1. The third kappa shape index (κ3) is 5.51. The lowest BCUT2D eigenvalue weighted by Crippen LogP contribution is -2.30. The van der Waals surface area contributed by atoms with E-state index in [-0.39, 0.29) is 5.41 Å². The van der Waals surface area contributed by atoms with Gasteiger partial charge in [-0.1, -0.05) is 44.0 Å². The van der Waals surface area contributed by atoms with Crippen LogP contribution in [0.1, 0.15) is 39.2 Å². The Bertz CT molecular complexity index is 433. The third-order valence-corrected chi connectivity index (χ3v) is 4.07. The molecule has 114 valence electrons. The zero-order chi connectivity index (χ0) is 15.2. The van der Waals surface area contributed by atoms with Gasteiger partial charge in [0.2, 0.25) is 0 Å². The molecule has 1 rings (SSSR count). The van der Waals surface area contributed by atoms with E-state index in [1.807, 2.05) is 6.07 Å². The van der Waals surface area contributed by atoms with Crippen molar-refractivity contribution in [2.75, 3.05) is 20.2 Å². The normalized spacial score (nSPS) is 11.7. The molecule has 0 fully saturated rings. The molecule has 1 aromatic carbocycles. The average molecular weight is 318 g/mol. The fourth-order valence-corrected chi connectivity index (χ4v) is 2.59. The molecule has 4 heteroatoms. The standard InChI is InChI=1S/C16H25Cl2NO/c1-5-8-19-11-16(2,3)7-6-12-9-14(18)15(20-4)10-13(12)17/h9-10,19H,5-8,11H2,1-4H3. The minimum absolute atomic E-state index is 0.241. The number of rotatable bonds is 8. The number of aryl methyl sites for hydroxylation is 1. The van der Waals surface area contributed by atoms with Gasteiger partial charge in [0.1, 0.15) is 5.75 Å². The molecule has 0 bridgehead atoms. The van der Waals surface area contributed by atoms with Crippen molar-refractivity contribution in [2.45, 2.75) is 40.0 Å². The fraction of sp³-hybridized carbons (Fsp3) is 0.625. The first-order valence-corrected chi connectivity index (χ1v) is 7.88. The van der Waals surface area contributed by atoms with E-state index in [2.05, 4.69) is 26.1 Å². The largest absolute Gasteiger partial charge is 0.495 e. The van der Waals surface area contributed by atoms with E-state index in [4.69, 9.17) is 27.9 Å². The highest BCUT2D eigenvalue weighted by Crippen LogP contribution is 2.33. The molecule has 0 heterocycles. The Balaban J connectivity index is 2.63. The van der Waals surface area contributed by atoms with Crippen LogP contribution < -0.4 is 10.1 Å². The molecule has 0 radical (unpaired) electrons. The lowest BCUT2D eigenvalue weighted by atomic mass is 9.86. The van der Waals surface area contributed by atoms with Crippen LogP contribution in [0.15, 0.2) is 12.1 Å². The van der Waals surface area contributed by atoms with Crippen LogP contribution in [-0.2, 0) is 6.42 Å². The number of benzene rings is 1. The maximum absolute atomic E-state index is 6.28. The van der Waals surface area contributed by atoms with Gasteiger partial charge in [-0.2, -0.15) is 0 Å². The van der Waals surface area contributed by atoms with Gasteiger partial charge >= 0.3 is 0 Å². The second-order valence-corrected chi connectivity index (χ2v) is 6.73. The molecule has 1 aromatic rings. The molecule has 20 heavy (non-hydrogen) atoms. The van der Waals surface area contributed by atoms with Crippen LogP contribution in [0, 0.1) is 5.41 Å². The average Bonchev–Trinajstić information content (AvgIpc) is 2.39. The Kier molecular flexibility index (Phi) is 7.14. The fourth-order valence-electron chi connectivity index (χ4n) is 2.08. The Morgan fingerprint density at radius 2 is 1.90 bits per heavy atom. The van der Waals surface area contributed by atoms with Gasteiger partial charge in [-0.25, -0.2) is 0 Å². The molecule has 2 nitrogen and oxygen atoms in total. The Hall–Kier alpha value is -0.440. The van der Waals surface area contributed by atoms with Crippen molar-refractivity contribution < 1.29 is 4.74 Å². The van der Waals surface area contributed by atoms with Crippen molar-refractivity contribution in [3.05, 3.63) is 27.7 Å². The van der Waals surface area contributed by atoms with Gasteiger partial charge in [0.15, 0.2) is 0 Å². The van der Waals surface area contributed by atoms with Crippen LogP contribution >= 0.6 is 23.2 Å². The molecule has 0 unspecified atom stereocenters.